The summed E-state index contributed by atoms with van der Waals surface area (Å²) in [6, 6.07) is 8.17. The van der Waals surface area contributed by atoms with Crippen LogP contribution in [0.5, 0.6) is 0 Å². The summed E-state index contributed by atoms with van der Waals surface area (Å²) >= 11 is 0. The molecule has 0 saturated carbocycles. The lowest BCUT2D eigenvalue weighted by molar-refractivity contribution is -0.135. The molecule has 1 aromatic carbocycles. The summed E-state index contributed by atoms with van der Waals surface area (Å²) in [5.74, 6) is -0.0307. The zero-order valence-electron chi connectivity index (χ0n) is 16.3. The molecule has 2 N–H and O–H groups in total. The van der Waals surface area contributed by atoms with E-state index < -0.39 is 5.54 Å². The third kappa shape index (κ3) is 3.93. The van der Waals surface area contributed by atoms with Crippen LogP contribution in [0.15, 0.2) is 24.3 Å². The Morgan fingerprint density at radius 2 is 1.92 bits per heavy atom. The van der Waals surface area contributed by atoms with E-state index in [0.717, 1.165) is 29.1 Å². The first-order chi connectivity index (χ1) is 11.7. The second kappa shape index (κ2) is 7.40. The van der Waals surface area contributed by atoms with Crippen LogP contribution < -0.4 is 5.73 Å². The maximum atomic E-state index is 12.7. The van der Waals surface area contributed by atoms with Gasteiger partial charge in [-0.25, -0.2) is 4.68 Å². The second-order valence-corrected chi connectivity index (χ2v) is 7.18. The minimum atomic E-state index is -0.822. The highest BCUT2D eigenvalue weighted by Gasteiger charge is 2.31. The Labute approximate surface area is 150 Å². The van der Waals surface area contributed by atoms with Gasteiger partial charge in [0.05, 0.1) is 16.9 Å². The number of para-hydroxylation sites is 1. The van der Waals surface area contributed by atoms with Crippen molar-refractivity contribution in [2.75, 3.05) is 7.05 Å². The highest BCUT2D eigenvalue weighted by Crippen LogP contribution is 2.22. The van der Waals surface area contributed by atoms with Crippen LogP contribution in [0.1, 0.15) is 49.2 Å². The number of benzene rings is 1. The van der Waals surface area contributed by atoms with Gasteiger partial charge >= 0.3 is 0 Å². The lowest BCUT2D eigenvalue weighted by Gasteiger charge is -2.29. The number of aromatic nitrogens is 2. The third-order valence-electron chi connectivity index (χ3n) is 4.78. The molecule has 1 heterocycles. The molecule has 0 aliphatic carbocycles. The summed E-state index contributed by atoms with van der Waals surface area (Å²) in [4.78, 5) is 14.4. The fraction of sp³-hybridized carbons (Fsp3) is 0.500. The van der Waals surface area contributed by atoms with Gasteiger partial charge < -0.3 is 10.6 Å². The average Bonchev–Trinajstić information content (AvgIpc) is 2.82. The van der Waals surface area contributed by atoms with Crippen LogP contribution in [0.3, 0.4) is 0 Å². The monoisotopic (exact) mass is 342 g/mol. The Balaban J connectivity index is 2.30. The van der Waals surface area contributed by atoms with Crippen molar-refractivity contribution in [1.82, 2.24) is 14.7 Å². The molecule has 136 valence electrons. The van der Waals surface area contributed by atoms with Crippen molar-refractivity contribution in [3.63, 3.8) is 0 Å². The molecule has 0 aliphatic heterocycles. The normalized spacial score (nSPS) is 13.6. The van der Waals surface area contributed by atoms with Gasteiger partial charge in [-0.15, -0.1) is 0 Å². The van der Waals surface area contributed by atoms with Crippen molar-refractivity contribution in [3.05, 3.63) is 46.8 Å². The Bertz CT molecular complexity index is 761. The zero-order valence-corrected chi connectivity index (χ0v) is 16.3. The minimum Gasteiger partial charge on any atom is -0.340 e. The first-order valence-corrected chi connectivity index (χ1v) is 8.84. The first-order valence-electron chi connectivity index (χ1n) is 8.84. The Kier molecular flexibility index (Phi) is 5.68. The number of aryl methyl sites for hydroxylation is 2. The number of likely N-dealkylation sites (N-methyl/N-ethyl adjacent to an activating group) is 1. The quantitative estimate of drug-likeness (QED) is 0.876. The lowest BCUT2D eigenvalue weighted by atomic mass is 9.95. The van der Waals surface area contributed by atoms with Gasteiger partial charge in [0.1, 0.15) is 0 Å². The average molecular weight is 342 g/mol. The van der Waals surface area contributed by atoms with Gasteiger partial charge in [-0.3, -0.25) is 4.79 Å². The molecule has 0 aliphatic rings. The highest BCUT2D eigenvalue weighted by molar-refractivity contribution is 5.85. The summed E-state index contributed by atoms with van der Waals surface area (Å²) in [5.41, 5.74) is 10.7. The number of nitrogens with zero attached hydrogens (tertiary/aromatic N) is 3. The minimum absolute atomic E-state index is 0.0307. The summed E-state index contributed by atoms with van der Waals surface area (Å²) in [6.07, 6.45) is 1.56. The van der Waals surface area contributed by atoms with E-state index in [-0.39, 0.29) is 5.91 Å². The van der Waals surface area contributed by atoms with E-state index in [1.165, 1.54) is 5.56 Å². The maximum Gasteiger partial charge on any atom is 0.242 e. The molecule has 0 spiro atoms. The van der Waals surface area contributed by atoms with E-state index in [9.17, 15) is 4.79 Å². The molecule has 5 nitrogen and oxygen atoms in total. The summed E-state index contributed by atoms with van der Waals surface area (Å²) < 4.78 is 1.96. The molecule has 1 unspecified atom stereocenters. The number of hydrogen-bond donors (Lipinski definition) is 1. The number of carbonyl (C=O) groups excluding carboxylic acids is 1. The molecule has 0 saturated heterocycles. The summed E-state index contributed by atoms with van der Waals surface area (Å²) in [5, 5.41) is 4.70. The van der Waals surface area contributed by atoms with E-state index in [4.69, 9.17) is 10.8 Å². The highest BCUT2D eigenvalue weighted by atomic mass is 16.2. The molecule has 1 aromatic heterocycles. The van der Waals surface area contributed by atoms with Crippen molar-refractivity contribution in [1.29, 1.82) is 0 Å². The van der Waals surface area contributed by atoms with Crippen molar-refractivity contribution in [2.45, 2.75) is 59.5 Å². The number of carbonyl (C=O) groups is 1. The van der Waals surface area contributed by atoms with Crippen LogP contribution in [0.4, 0.5) is 0 Å². The first kappa shape index (κ1) is 19.2. The number of hydrogen-bond acceptors (Lipinski definition) is 3. The molecule has 1 atom stereocenters. The van der Waals surface area contributed by atoms with Gasteiger partial charge in [0.2, 0.25) is 5.91 Å². The third-order valence-corrected chi connectivity index (χ3v) is 4.78. The fourth-order valence-corrected chi connectivity index (χ4v) is 3.31. The molecule has 25 heavy (non-hydrogen) atoms. The molecule has 0 fully saturated rings. The van der Waals surface area contributed by atoms with Crippen LogP contribution in [0, 0.1) is 20.8 Å². The van der Waals surface area contributed by atoms with Gasteiger partial charge in [-0.2, -0.15) is 5.10 Å². The lowest BCUT2D eigenvalue weighted by Crippen LogP contribution is -2.51. The van der Waals surface area contributed by atoms with E-state index in [0.29, 0.717) is 13.0 Å². The topological polar surface area (TPSA) is 64.2 Å². The van der Waals surface area contributed by atoms with E-state index in [2.05, 4.69) is 19.1 Å². The smallest absolute Gasteiger partial charge is 0.242 e. The van der Waals surface area contributed by atoms with E-state index in [1.54, 1.807) is 4.90 Å². The van der Waals surface area contributed by atoms with Crippen LogP contribution >= 0.6 is 0 Å². The fourth-order valence-electron chi connectivity index (χ4n) is 3.31. The second-order valence-electron chi connectivity index (χ2n) is 7.18. The summed E-state index contributed by atoms with van der Waals surface area (Å²) in [7, 11) is 1.81. The zero-order chi connectivity index (χ0) is 18.8. The molecule has 1 amide bonds. The van der Waals surface area contributed by atoms with Gasteiger partial charge in [0.15, 0.2) is 0 Å². The molecule has 2 rings (SSSR count). The van der Waals surface area contributed by atoms with Crippen molar-refractivity contribution in [2.24, 2.45) is 5.73 Å². The largest absolute Gasteiger partial charge is 0.340 e. The van der Waals surface area contributed by atoms with Gasteiger partial charge in [0, 0.05) is 24.8 Å². The van der Waals surface area contributed by atoms with Gasteiger partial charge in [0.25, 0.3) is 0 Å². The molecule has 0 radical (unpaired) electrons. The van der Waals surface area contributed by atoms with Crippen LogP contribution in [-0.2, 0) is 11.3 Å². The van der Waals surface area contributed by atoms with Crippen molar-refractivity contribution < 1.29 is 4.79 Å². The van der Waals surface area contributed by atoms with Crippen molar-refractivity contribution in [3.8, 4) is 5.69 Å². The predicted octanol–water partition coefficient (Wildman–Crippen LogP) is 3.27. The van der Waals surface area contributed by atoms with E-state index in [1.807, 2.05) is 51.6 Å². The Morgan fingerprint density at radius 1 is 1.28 bits per heavy atom. The van der Waals surface area contributed by atoms with Gasteiger partial charge in [-0.1, -0.05) is 31.5 Å². The maximum absolute atomic E-state index is 12.7. The number of nitrogens with two attached hydrogens (primary N) is 1. The van der Waals surface area contributed by atoms with E-state index >= 15 is 0 Å². The van der Waals surface area contributed by atoms with Crippen LogP contribution in [0.25, 0.3) is 5.69 Å². The molecule has 0 bridgehead atoms. The van der Waals surface area contributed by atoms with Crippen molar-refractivity contribution >= 4 is 5.91 Å². The molecular formula is C20H30N4O. The van der Waals surface area contributed by atoms with Gasteiger partial charge in [-0.05, 0) is 45.7 Å². The van der Waals surface area contributed by atoms with Crippen LogP contribution in [-0.4, -0.2) is 33.2 Å². The number of rotatable bonds is 6. The SMILES string of the molecule is CCCC(C)(N)C(=O)N(C)Cc1c(C)nn(-c2ccccc2C)c1C. The Morgan fingerprint density at radius 3 is 2.52 bits per heavy atom. The number of amides is 1. The Hall–Kier alpha value is -2.14. The summed E-state index contributed by atoms with van der Waals surface area (Å²) in [6.45, 7) is 10.5. The van der Waals surface area contributed by atoms with Crippen LogP contribution in [0.2, 0.25) is 0 Å². The predicted molar refractivity (Wildman–Crippen MR) is 102 cm³/mol. The molecule has 2 aromatic rings. The molecular weight excluding hydrogens is 312 g/mol. The molecule has 5 heteroatoms. The standard InChI is InChI=1S/C20H30N4O/c1-7-12-20(5,21)19(25)23(6)13-17-15(3)22-24(16(17)4)18-11-9-8-10-14(18)2/h8-11H,7,12-13,21H2,1-6H3.